The highest BCUT2D eigenvalue weighted by molar-refractivity contribution is 6.29. The average molecular weight is 271 g/mol. The Labute approximate surface area is 110 Å². The van der Waals surface area contributed by atoms with Crippen molar-refractivity contribution < 1.29 is 9.59 Å². The molecule has 7 heteroatoms. The number of carbonyl (C=O) groups excluding carboxylic acids is 2. The quantitative estimate of drug-likeness (QED) is 0.856. The highest BCUT2D eigenvalue weighted by atomic mass is 35.5. The van der Waals surface area contributed by atoms with Gasteiger partial charge in [0, 0.05) is 13.1 Å². The molecule has 1 heterocycles. The molecule has 2 amide bonds. The number of amides is 2. The Hall–Kier alpha value is -1.69. The zero-order valence-electron chi connectivity index (χ0n) is 10.3. The number of likely N-dealkylation sites (N-methyl/N-ethyl adjacent to an activating group) is 2. The van der Waals surface area contributed by atoms with Gasteiger partial charge in [-0.05, 0) is 13.8 Å². The summed E-state index contributed by atoms with van der Waals surface area (Å²) in [7, 11) is 0. The number of rotatable bonds is 5. The van der Waals surface area contributed by atoms with Crippen molar-refractivity contribution in [2.24, 2.45) is 0 Å². The first-order valence-corrected chi connectivity index (χ1v) is 5.99. The van der Waals surface area contributed by atoms with Crippen LogP contribution in [0.25, 0.3) is 0 Å². The van der Waals surface area contributed by atoms with Crippen molar-refractivity contribution >= 4 is 23.4 Å². The van der Waals surface area contributed by atoms with Crippen molar-refractivity contribution in [3.63, 3.8) is 0 Å². The summed E-state index contributed by atoms with van der Waals surface area (Å²) in [6.45, 7) is 4.54. The zero-order valence-corrected chi connectivity index (χ0v) is 11.1. The van der Waals surface area contributed by atoms with Gasteiger partial charge in [-0.2, -0.15) is 0 Å². The van der Waals surface area contributed by atoms with E-state index in [1.807, 2.05) is 6.92 Å². The summed E-state index contributed by atoms with van der Waals surface area (Å²) in [6, 6.07) is 0. The number of hydrogen-bond donors (Lipinski definition) is 1. The number of nitrogens with zero attached hydrogens (tertiary/aromatic N) is 3. The van der Waals surface area contributed by atoms with E-state index in [2.05, 4.69) is 15.3 Å². The fraction of sp³-hybridized carbons (Fsp3) is 0.455. The van der Waals surface area contributed by atoms with Crippen LogP contribution in [0.1, 0.15) is 24.3 Å². The maximum absolute atomic E-state index is 12.1. The van der Waals surface area contributed by atoms with Crippen LogP contribution in [0.2, 0.25) is 5.15 Å². The van der Waals surface area contributed by atoms with E-state index in [4.69, 9.17) is 11.6 Å². The van der Waals surface area contributed by atoms with Crippen molar-refractivity contribution in [1.82, 2.24) is 20.2 Å². The summed E-state index contributed by atoms with van der Waals surface area (Å²) in [5.74, 6) is -0.568. The largest absolute Gasteiger partial charge is 0.355 e. The van der Waals surface area contributed by atoms with Crippen LogP contribution in [0.5, 0.6) is 0 Å². The monoisotopic (exact) mass is 270 g/mol. The Morgan fingerprint density at radius 3 is 2.67 bits per heavy atom. The van der Waals surface area contributed by atoms with E-state index in [-0.39, 0.29) is 29.2 Å². The third-order valence-electron chi connectivity index (χ3n) is 2.20. The normalized spacial score (nSPS) is 9.94. The topological polar surface area (TPSA) is 75.2 Å². The summed E-state index contributed by atoms with van der Waals surface area (Å²) in [5, 5.41) is 2.78. The van der Waals surface area contributed by atoms with Crippen LogP contribution in [0, 0.1) is 0 Å². The minimum absolute atomic E-state index is 0.00261. The SMILES string of the molecule is CCNC(=O)CN(CC)C(=O)c1cncc(Cl)n1. The number of aromatic nitrogens is 2. The average Bonchev–Trinajstić information content (AvgIpc) is 2.35. The maximum Gasteiger partial charge on any atom is 0.274 e. The van der Waals surface area contributed by atoms with Crippen molar-refractivity contribution in [2.45, 2.75) is 13.8 Å². The van der Waals surface area contributed by atoms with Crippen molar-refractivity contribution in [3.05, 3.63) is 23.2 Å². The Balaban J connectivity index is 2.76. The van der Waals surface area contributed by atoms with Gasteiger partial charge in [-0.1, -0.05) is 11.6 Å². The third-order valence-corrected chi connectivity index (χ3v) is 2.38. The molecule has 18 heavy (non-hydrogen) atoms. The van der Waals surface area contributed by atoms with Crippen LogP contribution in [-0.4, -0.2) is 46.3 Å². The van der Waals surface area contributed by atoms with Gasteiger partial charge >= 0.3 is 0 Å². The van der Waals surface area contributed by atoms with E-state index < -0.39 is 0 Å². The molecule has 1 aromatic rings. The molecule has 6 nitrogen and oxygen atoms in total. The van der Waals surface area contributed by atoms with Gasteiger partial charge in [-0.3, -0.25) is 14.6 Å². The van der Waals surface area contributed by atoms with Crippen LogP contribution in [0.15, 0.2) is 12.4 Å². The first-order chi connectivity index (χ1) is 8.58. The second-order valence-electron chi connectivity index (χ2n) is 3.50. The predicted octanol–water partition coefficient (Wildman–Crippen LogP) is 0.728. The molecule has 0 bridgehead atoms. The van der Waals surface area contributed by atoms with Crippen LogP contribution < -0.4 is 5.32 Å². The molecular formula is C11H15ClN4O2. The Kier molecular flexibility index (Phi) is 5.51. The molecule has 0 aromatic carbocycles. The van der Waals surface area contributed by atoms with Gasteiger partial charge in [0.15, 0.2) is 0 Å². The highest BCUT2D eigenvalue weighted by Crippen LogP contribution is 2.05. The lowest BCUT2D eigenvalue weighted by Gasteiger charge is -2.19. The van der Waals surface area contributed by atoms with Gasteiger partial charge < -0.3 is 10.2 Å². The van der Waals surface area contributed by atoms with Crippen LogP contribution >= 0.6 is 11.6 Å². The standard InChI is InChI=1S/C11H15ClN4O2/c1-3-14-10(17)7-16(4-2)11(18)8-5-13-6-9(12)15-8/h5-6H,3-4,7H2,1-2H3,(H,14,17). The summed E-state index contributed by atoms with van der Waals surface area (Å²) in [6.07, 6.45) is 2.67. The Morgan fingerprint density at radius 2 is 2.11 bits per heavy atom. The predicted molar refractivity (Wildman–Crippen MR) is 67.3 cm³/mol. The van der Waals surface area contributed by atoms with Crippen LogP contribution in [0.3, 0.4) is 0 Å². The van der Waals surface area contributed by atoms with E-state index in [1.54, 1.807) is 6.92 Å². The lowest BCUT2D eigenvalue weighted by atomic mass is 10.3. The van der Waals surface area contributed by atoms with Crippen LogP contribution in [-0.2, 0) is 4.79 Å². The van der Waals surface area contributed by atoms with E-state index in [0.717, 1.165) is 0 Å². The van der Waals surface area contributed by atoms with Crippen LogP contribution in [0.4, 0.5) is 0 Å². The van der Waals surface area contributed by atoms with Gasteiger partial charge in [0.05, 0.1) is 18.9 Å². The molecule has 0 atom stereocenters. The Morgan fingerprint density at radius 1 is 1.39 bits per heavy atom. The molecule has 1 rings (SSSR count). The molecule has 98 valence electrons. The van der Waals surface area contributed by atoms with Gasteiger partial charge in [0.25, 0.3) is 5.91 Å². The summed E-state index contributed by atoms with van der Waals surface area (Å²) < 4.78 is 0. The van der Waals surface area contributed by atoms with E-state index in [0.29, 0.717) is 13.1 Å². The fourth-order valence-corrected chi connectivity index (χ4v) is 1.51. The summed E-state index contributed by atoms with van der Waals surface area (Å²) >= 11 is 5.67. The van der Waals surface area contributed by atoms with Gasteiger partial charge in [0.2, 0.25) is 5.91 Å². The molecule has 0 saturated carbocycles. The lowest BCUT2D eigenvalue weighted by Crippen LogP contribution is -2.40. The molecule has 1 N–H and O–H groups in total. The molecule has 0 radical (unpaired) electrons. The van der Waals surface area contributed by atoms with E-state index in [1.165, 1.54) is 17.3 Å². The molecule has 0 fully saturated rings. The smallest absolute Gasteiger partial charge is 0.274 e. The minimum Gasteiger partial charge on any atom is -0.355 e. The first kappa shape index (κ1) is 14.4. The molecule has 0 aliphatic heterocycles. The molecule has 0 spiro atoms. The lowest BCUT2D eigenvalue weighted by molar-refractivity contribution is -0.121. The van der Waals surface area contributed by atoms with E-state index in [9.17, 15) is 9.59 Å². The highest BCUT2D eigenvalue weighted by Gasteiger charge is 2.18. The number of nitrogens with one attached hydrogen (secondary N) is 1. The molecule has 1 aromatic heterocycles. The van der Waals surface area contributed by atoms with Crippen molar-refractivity contribution in [2.75, 3.05) is 19.6 Å². The minimum atomic E-state index is -0.362. The second-order valence-corrected chi connectivity index (χ2v) is 3.89. The van der Waals surface area contributed by atoms with Crippen molar-refractivity contribution in [1.29, 1.82) is 0 Å². The fourth-order valence-electron chi connectivity index (χ4n) is 1.36. The van der Waals surface area contributed by atoms with Gasteiger partial charge in [0.1, 0.15) is 10.8 Å². The number of halogens is 1. The summed E-state index contributed by atoms with van der Waals surface area (Å²) in [4.78, 5) is 32.6. The maximum atomic E-state index is 12.1. The molecular weight excluding hydrogens is 256 g/mol. The molecule has 0 aliphatic carbocycles. The van der Waals surface area contributed by atoms with E-state index >= 15 is 0 Å². The second kappa shape index (κ2) is 6.90. The van der Waals surface area contributed by atoms with Crippen molar-refractivity contribution in [3.8, 4) is 0 Å². The molecule has 0 aliphatic rings. The zero-order chi connectivity index (χ0) is 13.5. The van der Waals surface area contributed by atoms with Gasteiger partial charge in [-0.25, -0.2) is 4.98 Å². The number of hydrogen-bond acceptors (Lipinski definition) is 4. The first-order valence-electron chi connectivity index (χ1n) is 5.62. The molecule has 0 saturated heterocycles. The Bertz CT molecular complexity index is 439. The third kappa shape index (κ3) is 3.96. The number of carbonyl (C=O) groups is 2. The summed E-state index contributed by atoms with van der Waals surface area (Å²) in [5.41, 5.74) is 0.133. The van der Waals surface area contributed by atoms with Gasteiger partial charge in [-0.15, -0.1) is 0 Å². The molecule has 0 unspecified atom stereocenters.